The minimum Gasteiger partial charge on any atom is -0.463 e. The highest BCUT2D eigenvalue weighted by atomic mass is 16.5. The van der Waals surface area contributed by atoms with Crippen LogP contribution >= 0.6 is 0 Å². The molecule has 0 radical (unpaired) electrons. The molecule has 1 atom stereocenters. The van der Waals surface area contributed by atoms with Gasteiger partial charge < -0.3 is 10.1 Å². The van der Waals surface area contributed by atoms with Crippen LogP contribution in [0.15, 0.2) is 53.5 Å². The van der Waals surface area contributed by atoms with E-state index in [9.17, 15) is 4.79 Å². The molecule has 0 amide bonds. The van der Waals surface area contributed by atoms with Crippen LogP contribution in [0.3, 0.4) is 0 Å². The Morgan fingerprint density at radius 3 is 2.83 bits per heavy atom. The van der Waals surface area contributed by atoms with Crippen LogP contribution in [-0.4, -0.2) is 27.3 Å². The van der Waals surface area contributed by atoms with E-state index in [2.05, 4.69) is 15.4 Å². The number of hydrogen-bond acceptors (Lipinski definition) is 5. The first kappa shape index (κ1) is 16.0. The second-order valence-corrected chi connectivity index (χ2v) is 5.61. The molecule has 124 valence electrons. The third kappa shape index (κ3) is 2.95. The van der Waals surface area contributed by atoms with E-state index in [1.807, 2.05) is 50.3 Å². The number of benzene rings is 1. The number of rotatable bonds is 4. The molecule has 0 aliphatic carbocycles. The summed E-state index contributed by atoms with van der Waals surface area (Å²) in [6.07, 6.45) is 3.53. The Bertz CT molecular complexity index is 805. The van der Waals surface area contributed by atoms with E-state index in [4.69, 9.17) is 4.74 Å². The number of fused-ring (bicyclic) bond motifs is 1. The Morgan fingerprint density at radius 1 is 1.38 bits per heavy atom. The van der Waals surface area contributed by atoms with Crippen LogP contribution in [0.2, 0.25) is 0 Å². The van der Waals surface area contributed by atoms with Crippen LogP contribution in [0.5, 0.6) is 0 Å². The number of nitrogens with zero attached hydrogens (tertiary/aromatic N) is 3. The molecule has 6 heteroatoms. The lowest BCUT2D eigenvalue weighted by Gasteiger charge is -2.28. The first-order chi connectivity index (χ1) is 11.6. The fourth-order valence-corrected chi connectivity index (χ4v) is 2.88. The Labute approximate surface area is 140 Å². The van der Waals surface area contributed by atoms with E-state index in [1.54, 1.807) is 11.6 Å². The zero-order chi connectivity index (χ0) is 17.1. The molecule has 1 aliphatic rings. The maximum atomic E-state index is 12.5. The number of allylic oxidation sites excluding steroid dienone is 2. The lowest BCUT2D eigenvalue weighted by Crippen LogP contribution is -2.29. The molecule has 0 saturated carbocycles. The third-order valence-electron chi connectivity index (χ3n) is 3.91. The van der Waals surface area contributed by atoms with Crippen LogP contribution in [0.1, 0.15) is 32.4 Å². The van der Waals surface area contributed by atoms with Gasteiger partial charge in [0.15, 0.2) is 0 Å². The quantitative estimate of drug-likeness (QED) is 0.875. The van der Waals surface area contributed by atoms with Crippen LogP contribution in [0.4, 0.5) is 5.95 Å². The number of esters is 1. The van der Waals surface area contributed by atoms with Crippen molar-refractivity contribution in [1.29, 1.82) is 0 Å². The van der Waals surface area contributed by atoms with Crippen molar-refractivity contribution in [2.45, 2.75) is 26.8 Å². The van der Waals surface area contributed by atoms with Crippen molar-refractivity contribution in [3.05, 3.63) is 59.1 Å². The van der Waals surface area contributed by atoms with Crippen LogP contribution in [0, 0.1) is 0 Å². The highest BCUT2D eigenvalue weighted by Gasteiger charge is 2.33. The molecule has 1 aromatic heterocycles. The lowest BCUT2D eigenvalue weighted by atomic mass is 9.95. The van der Waals surface area contributed by atoms with Gasteiger partial charge in [-0.3, -0.25) is 0 Å². The molecule has 6 nitrogen and oxygen atoms in total. The maximum Gasteiger partial charge on any atom is 0.338 e. The smallest absolute Gasteiger partial charge is 0.338 e. The van der Waals surface area contributed by atoms with Crippen molar-refractivity contribution < 1.29 is 9.53 Å². The average molecular weight is 324 g/mol. The summed E-state index contributed by atoms with van der Waals surface area (Å²) in [4.78, 5) is 16.7. The van der Waals surface area contributed by atoms with Gasteiger partial charge in [0, 0.05) is 5.70 Å². The second kappa shape index (κ2) is 6.70. The highest BCUT2D eigenvalue weighted by molar-refractivity contribution is 5.92. The molecule has 0 bridgehead atoms. The number of nitrogens with one attached hydrogen (secondary N) is 1. The summed E-state index contributed by atoms with van der Waals surface area (Å²) in [7, 11) is 0. The van der Waals surface area contributed by atoms with Gasteiger partial charge >= 0.3 is 5.97 Å². The predicted molar refractivity (Wildman–Crippen MR) is 92.1 cm³/mol. The summed E-state index contributed by atoms with van der Waals surface area (Å²) in [5.41, 5.74) is 3.34. The lowest BCUT2D eigenvalue weighted by molar-refractivity contribution is -0.139. The molecule has 0 saturated heterocycles. The topological polar surface area (TPSA) is 69.0 Å². The fraction of sp³-hybridized carbons (Fsp3) is 0.278. The summed E-state index contributed by atoms with van der Waals surface area (Å²) >= 11 is 0. The maximum absolute atomic E-state index is 12.5. The summed E-state index contributed by atoms with van der Waals surface area (Å²) in [6, 6.07) is 9.63. The van der Waals surface area contributed by atoms with Crippen molar-refractivity contribution in [1.82, 2.24) is 14.8 Å². The molecular weight excluding hydrogens is 304 g/mol. The fourth-order valence-electron chi connectivity index (χ4n) is 2.88. The van der Waals surface area contributed by atoms with Gasteiger partial charge in [-0.1, -0.05) is 36.4 Å². The number of aromatic nitrogens is 3. The molecule has 2 aromatic rings. The third-order valence-corrected chi connectivity index (χ3v) is 3.91. The highest BCUT2D eigenvalue weighted by Crippen LogP contribution is 2.35. The number of carbonyl (C=O) groups excluding carboxylic acids is 1. The molecule has 0 spiro atoms. The summed E-state index contributed by atoms with van der Waals surface area (Å²) in [5, 5.41) is 7.41. The van der Waals surface area contributed by atoms with E-state index in [-0.39, 0.29) is 12.0 Å². The van der Waals surface area contributed by atoms with Gasteiger partial charge in [-0.25, -0.2) is 9.48 Å². The monoisotopic (exact) mass is 324 g/mol. The molecule has 1 aliphatic heterocycles. The van der Waals surface area contributed by atoms with E-state index >= 15 is 0 Å². The van der Waals surface area contributed by atoms with E-state index in [0.717, 1.165) is 16.8 Å². The zero-order valence-corrected chi connectivity index (χ0v) is 14.0. The molecule has 24 heavy (non-hydrogen) atoms. The summed E-state index contributed by atoms with van der Waals surface area (Å²) in [5.74, 6) is 0.279. The van der Waals surface area contributed by atoms with Gasteiger partial charge in [-0.15, -0.1) is 0 Å². The van der Waals surface area contributed by atoms with Crippen molar-refractivity contribution in [3.63, 3.8) is 0 Å². The normalized spacial score (nSPS) is 17.3. The first-order valence-corrected chi connectivity index (χ1v) is 7.89. The van der Waals surface area contributed by atoms with Crippen molar-refractivity contribution in [3.8, 4) is 0 Å². The molecule has 2 heterocycles. The van der Waals surface area contributed by atoms with Gasteiger partial charge in [-0.05, 0) is 31.9 Å². The van der Waals surface area contributed by atoms with Gasteiger partial charge in [-0.2, -0.15) is 10.1 Å². The average Bonchev–Trinajstić information content (AvgIpc) is 3.02. The standard InChI is InChI=1S/C18H20N4O2/c1-4-24-17(23)15-13(3)21-18-19-11-20-22(18)16(15)12(2)10-14-8-6-5-7-9-14/h5-11,16H,4H2,1-3H3,(H,19,20,21)/b12-10+/t16-/m0/s1. The van der Waals surface area contributed by atoms with E-state index in [0.29, 0.717) is 18.1 Å². The summed E-state index contributed by atoms with van der Waals surface area (Å²) < 4.78 is 6.96. The minimum atomic E-state index is -0.344. The van der Waals surface area contributed by atoms with Crippen molar-refractivity contribution in [2.75, 3.05) is 11.9 Å². The van der Waals surface area contributed by atoms with Crippen LogP contribution in [0.25, 0.3) is 6.08 Å². The zero-order valence-electron chi connectivity index (χ0n) is 14.0. The molecule has 3 rings (SSSR count). The molecule has 1 aromatic carbocycles. The number of anilines is 1. The Hall–Kier alpha value is -2.89. The first-order valence-electron chi connectivity index (χ1n) is 7.89. The van der Waals surface area contributed by atoms with Gasteiger partial charge in [0.05, 0.1) is 12.2 Å². The molecule has 0 fully saturated rings. The van der Waals surface area contributed by atoms with Crippen molar-refractivity contribution >= 4 is 18.0 Å². The van der Waals surface area contributed by atoms with Crippen molar-refractivity contribution in [2.24, 2.45) is 0 Å². The number of hydrogen-bond donors (Lipinski definition) is 1. The van der Waals surface area contributed by atoms with Crippen LogP contribution in [-0.2, 0) is 9.53 Å². The minimum absolute atomic E-state index is 0.327. The van der Waals surface area contributed by atoms with Gasteiger partial charge in [0.1, 0.15) is 12.4 Å². The van der Waals surface area contributed by atoms with Gasteiger partial charge in [0.2, 0.25) is 5.95 Å². The SMILES string of the molecule is CCOC(=O)C1=C(C)Nc2ncnn2[C@H]1/C(C)=C/c1ccccc1. The number of carbonyl (C=O) groups is 1. The Kier molecular flexibility index (Phi) is 4.46. The van der Waals surface area contributed by atoms with Gasteiger partial charge in [0.25, 0.3) is 0 Å². The second-order valence-electron chi connectivity index (χ2n) is 5.61. The van der Waals surface area contributed by atoms with E-state index < -0.39 is 0 Å². The summed E-state index contributed by atoms with van der Waals surface area (Å²) in [6.45, 7) is 5.97. The van der Waals surface area contributed by atoms with Crippen LogP contribution < -0.4 is 5.32 Å². The molecule has 0 unspecified atom stereocenters. The Balaban J connectivity index is 2.07. The van der Waals surface area contributed by atoms with E-state index in [1.165, 1.54) is 6.33 Å². The molecular formula is C18H20N4O2. The molecule has 1 N–H and O–H groups in total. The largest absolute Gasteiger partial charge is 0.463 e. The Morgan fingerprint density at radius 2 is 2.12 bits per heavy atom. The predicted octanol–water partition coefficient (Wildman–Crippen LogP) is 3.19. The number of ether oxygens (including phenoxy) is 1.